The lowest BCUT2D eigenvalue weighted by Gasteiger charge is -2.33. The van der Waals surface area contributed by atoms with Crippen LogP contribution in [0.1, 0.15) is 328 Å². The molecule has 3 nitrogen and oxygen atoms in total. The number of unbranched alkanes of at least 4 members (excludes halogenated alkanes) is 25. The van der Waals surface area contributed by atoms with Gasteiger partial charge in [-0.2, -0.15) is 0 Å². The van der Waals surface area contributed by atoms with E-state index in [0.717, 1.165) is 36.0 Å². The maximum absolute atomic E-state index is 5.06. The molecule has 0 fully saturated rings. The van der Waals surface area contributed by atoms with Gasteiger partial charge in [0.05, 0.1) is 0 Å². The number of fused-ring (bicyclic) bond motifs is 3. The van der Waals surface area contributed by atoms with E-state index < -0.39 is 0 Å². The Morgan fingerprint density at radius 1 is 0.242 bits per heavy atom. The summed E-state index contributed by atoms with van der Waals surface area (Å²) in [5.74, 6) is 2.13. The number of nitrogens with zero attached hydrogens (tertiary/aromatic N) is 3. The molecule has 99 heavy (non-hydrogen) atoms. The molecule has 0 amide bonds. The van der Waals surface area contributed by atoms with E-state index in [1.165, 1.54) is 303 Å². The topological polar surface area (TPSA) is 38.7 Å². The molecule has 7 aromatic carbocycles. The highest BCUT2D eigenvalue weighted by Crippen LogP contribution is 2.55. The lowest BCUT2D eigenvalue weighted by Crippen LogP contribution is -2.25. The van der Waals surface area contributed by atoms with Crippen molar-refractivity contribution in [1.82, 2.24) is 15.0 Å². The molecule has 8 aromatic rings. The normalized spacial score (nSPS) is 12.2. The highest BCUT2D eigenvalue weighted by atomic mass is 15.0. The molecule has 0 saturated carbocycles. The van der Waals surface area contributed by atoms with Crippen LogP contribution in [0.5, 0.6) is 0 Å². The van der Waals surface area contributed by atoms with Gasteiger partial charge in [-0.15, -0.1) is 0 Å². The summed E-state index contributed by atoms with van der Waals surface area (Å²) in [5, 5.41) is 0. The van der Waals surface area contributed by atoms with Gasteiger partial charge in [0.2, 0.25) is 0 Å². The molecular weight excluding hydrogens is 1200 g/mol. The zero-order valence-corrected chi connectivity index (χ0v) is 64.6. The summed E-state index contributed by atoms with van der Waals surface area (Å²) in [6.07, 6.45) is 50.7. The van der Waals surface area contributed by atoms with E-state index in [2.05, 4.69) is 210 Å². The van der Waals surface area contributed by atoms with Crippen molar-refractivity contribution >= 4 is 0 Å². The minimum Gasteiger partial charge on any atom is -0.208 e. The molecule has 0 bridgehead atoms. The van der Waals surface area contributed by atoms with Crippen molar-refractivity contribution in [3.8, 4) is 67.5 Å². The first-order chi connectivity index (χ1) is 48.5. The molecule has 0 N–H and O–H groups in total. The van der Waals surface area contributed by atoms with Gasteiger partial charge in [0, 0.05) is 22.1 Å². The number of rotatable bonds is 44. The van der Waals surface area contributed by atoms with Gasteiger partial charge in [-0.25, -0.2) is 15.0 Å². The second kappa shape index (κ2) is 42.7. The Kier molecular flexibility index (Phi) is 33.8. The van der Waals surface area contributed by atoms with Crippen molar-refractivity contribution in [1.29, 1.82) is 0 Å². The predicted octanol–water partition coefficient (Wildman–Crippen LogP) is 29.5. The van der Waals surface area contributed by atoms with Crippen LogP contribution in [0.4, 0.5) is 0 Å². The molecule has 1 aliphatic carbocycles. The molecule has 532 valence electrons. The molecule has 3 heteroatoms. The van der Waals surface area contributed by atoms with Gasteiger partial charge in [0.25, 0.3) is 0 Å². The first-order valence-corrected chi connectivity index (χ1v) is 41.0. The smallest absolute Gasteiger partial charge is 0.164 e. The van der Waals surface area contributed by atoms with Crippen LogP contribution in [0.25, 0.3) is 67.5 Å². The SMILES string of the molecule is CCCCCCCCC1(CCCCCCCC)c2cc(C)ccc2-c2ccc(-c3cc(CCCCCC)c(C)cc3CCCCCC)cc21.CCCCCCc1ccc(-c2nc(-c3ccc(C)cc3)nc(-c3ccc(-c4cc(CCCCCC)c(C)cc4CCCCCC)cc3)n2)cc1. The molecule has 1 heterocycles. The molecule has 1 aromatic heterocycles. The van der Waals surface area contributed by atoms with Crippen LogP contribution < -0.4 is 0 Å². The molecule has 0 unspecified atom stereocenters. The number of aromatic nitrogens is 3. The Bertz CT molecular complexity index is 3600. The average molecular weight is 1330 g/mol. The molecule has 1 aliphatic rings. The van der Waals surface area contributed by atoms with Crippen molar-refractivity contribution < 1.29 is 0 Å². The second-order valence-corrected chi connectivity index (χ2v) is 30.3. The van der Waals surface area contributed by atoms with Gasteiger partial charge in [0.1, 0.15) is 0 Å². The standard InChI is InChI=1S/C49H74.C47H59N3/c1-7-11-15-19-21-25-33-49(34-26-22-20-16-12-8-2)47-35-39(5)29-31-44(47)45-32-30-43(38-48(45)49)46-37-41(27-23-17-13-9-3)40(6)36-42(46)28-24-18-14-10-4;1-6-9-12-15-18-37-23-27-40(28-24-37)46-48-45(39-25-21-35(4)22-26-39)49-47(50-46)41-31-29-38(30-32-41)44-34-42(19-16-13-10-7-2)36(5)33-43(44)20-17-14-11-8-3/h29-32,35-38H,7-28,33-34H2,1-6H3;21-34H,6-20H2,1-5H3. The third-order valence-corrected chi connectivity index (χ3v) is 22.0. The van der Waals surface area contributed by atoms with Gasteiger partial charge in [-0.3, -0.25) is 0 Å². The first kappa shape index (κ1) is 78.3. The third kappa shape index (κ3) is 23.3. The molecule has 0 aliphatic heterocycles. The summed E-state index contributed by atoms with van der Waals surface area (Å²) in [6, 6.07) is 51.6. The Morgan fingerprint density at radius 3 is 0.990 bits per heavy atom. The van der Waals surface area contributed by atoms with Crippen molar-refractivity contribution in [3.05, 3.63) is 195 Å². The lowest BCUT2D eigenvalue weighted by molar-refractivity contribution is 0.398. The van der Waals surface area contributed by atoms with E-state index in [-0.39, 0.29) is 5.41 Å². The number of benzene rings is 7. The largest absolute Gasteiger partial charge is 0.208 e. The summed E-state index contributed by atoms with van der Waals surface area (Å²) >= 11 is 0. The van der Waals surface area contributed by atoms with Crippen LogP contribution in [-0.4, -0.2) is 15.0 Å². The fourth-order valence-electron chi connectivity index (χ4n) is 15.8. The highest BCUT2D eigenvalue weighted by Gasteiger charge is 2.42. The van der Waals surface area contributed by atoms with E-state index >= 15 is 0 Å². The number of aryl methyl sites for hydroxylation is 9. The number of hydrogen-bond acceptors (Lipinski definition) is 3. The van der Waals surface area contributed by atoms with Gasteiger partial charge >= 0.3 is 0 Å². The highest BCUT2D eigenvalue weighted by molar-refractivity contribution is 5.85. The van der Waals surface area contributed by atoms with Gasteiger partial charge < -0.3 is 0 Å². The monoisotopic (exact) mass is 1330 g/mol. The van der Waals surface area contributed by atoms with Crippen LogP contribution in [0.15, 0.2) is 133 Å². The minimum atomic E-state index is 0.136. The molecule has 0 spiro atoms. The van der Waals surface area contributed by atoms with Gasteiger partial charge in [-0.05, 0) is 194 Å². The molecular formula is C96H133N3. The van der Waals surface area contributed by atoms with Crippen LogP contribution >= 0.6 is 0 Å². The molecule has 0 radical (unpaired) electrons. The Labute approximate surface area is 605 Å². The van der Waals surface area contributed by atoms with Crippen LogP contribution in [0.3, 0.4) is 0 Å². The van der Waals surface area contributed by atoms with E-state index in [9.17, 15) is 0 Å². The van der Waals surface area contributed by atoms with Crippen molar-refractivity contribution in [2.24, 2.45) is 0 Å². The lowest BCUT2D eigenvalue weighted by atomic mass is 9.70. The van der Waals surface area contributed by atoms with Crippen molar-refractivity contribution in [2.75, 3.05) is 0 Å². The summed E-state index contributed by atoms with van der Waals surface area (Å²) in [5.41, 5.74) is 28.2. The Balaban J connectivity index is 0.000000252. The first-order valence-electron chi connectivity index (χ1n) is 41.0. The summed E-state index contributed by atoms with van der Waals surface area (Å²) in [4.78, 5) is 15.1. The minimum absolute atomic E-state index is 0.136. The number of hydrogen-bond donors (Lipinski definition) is 0. The van der Waals surface area contributed by atoms with Crippen LogP contribution in [-0.2, 0) is 37.5 Å². The van der Waals surface area contributed by atoms with Gasteiger partial charge in [-0.1, -0.05) is 360 Å². The van der Waals surface area contributed by atoms with Gasteiger partial charge in [0.15, 0.2) is 17.5 Å². The fraction of sp³-hybridized carbons (Fsp3) is 0.531. The summed E-state index contributed by atoms with van der Waals surface area (Å²) < 4.78 is 0. The summed E-state index contributed by atoms with van der Waals surface area (Å²) in [6.45, 7) is 25.3. The second-order valence-electron chi connectivity index (χ2n) is 30.3. The third-order valence-electron chi connectivity index (χ3n) is 22.0. The van der Waals surface area contributed by atoms with Crippen molar-refractivity contribution in [3.63, 3.8) is 0 Å². The molecule has 9 rings (SSSR count). The maximum Gasteiger partial charge on any atom is 0.164 e. The van der Waals surface area contributed by atoms with Crippen LogP contribution in [0.2, 0.25) is 0 Å². The zero-order chi connectivity index (χ0) is 70.0. The van der Waals surface area contributed by atoms with Crippen molar-refractivity contribution in [2.45, 2.75) is 332 Å². The predicted molar refractivity (Wildman–Crippen MR) is 434 cm³/mol. The van der Waals surface area contributed by atoms with E-state index in [1.54, 1.807) is 22.3 Å². The van der Waals surface area contributed by atoms with E-state index in [1.807, 2.05) is 0 Å². The van der Waals surface area contributed by atoms with Crippen LogP contribution in [0, 0.1) is 27.7 Å². The van der Waals surface area contributed by atoms with E-state index in [4.69, 9.17) is 15.0 Å². The zero-order valence-electron chi connectivity index (χ0n) is 64.6. The molecule has 0 atom stereocenters. The summed E-state index contributed by atoms with van der Waals surface area (Å²) in [7, 11) is 0. The maximum atomic E-state index is 5.06. The Morgan fingerprint density at radius 2 is 0.556 bits per heavy atom. The average Bonchev–Trinajstić information content (AvgIpc) is 1.57. The molecule has 0 saturated heterocycles. The fourth-order valence-corrected chi connectivity index (χ4v) is 15.8. The quantitative estimate of drug-likeness (QED) is 0.0357. The Hall–Kier alpha value is -6.45. The van der Waals surface area contributed by atoms with E-state index in [0.29, 0.717) is 17.5 Å².